The summed E-state index contributed by atoms with van der Waals surface area (Å²) >= 11 is 5.99. The minimum absolute atomic E-state index is 0.441. The van der Waals surface area contributed by atoms with E-state index in [-0.39, 0.29) is 0 Å². The standard InChI is InChI=1S/C18H15ClN2O/c1-3-6-16-13(2)20-18-17(9-5-10-21(16)18)22-12-14-7-4-8-15(19)11-14/h1,4-5,7-11H,6,12H2,2H3. The van der Waals surface area contributed by atoms with Crippen LogP contribution in [0, 0.1) is 19.3 Å². The number of rotatable bonds is 4. The summed E-state index contributed by atoms with van der Waals surface area (Å²) in [6.07, 6.45) is 7.93. The Kier molecular flexibility index (Phi) is 4.04. The molecule has 0 radical (unpaired) electrons. The maximum absolute atomic E-state index is 5.99. The highest BCUT2D eigenvalue weighted by Crippen LogP contribution is 2.23. The van der Waals surface area contributed by atoms with E-state index < -0.39 is 0 Å². The Hall–Kier alpha value is -2.44. The van der Waals surface area contributed by atoms with Crippen molar-refractivity contribution < 1.29 is 4.74 Å². The zero-order chi connectivity index (χ0) is 15.5. The van der Waals surface area contributed by atoms with Crippen LogP contribution in [-0.2, 0) is 13.0 Å². The maximum Gasteiger partial charge on any atom is 0.180 e. The number of halogens is 1. The van der Waals surface area contributed by atoms with Gasteiger partial charge >= 0.3 is 0 Å². The van der Waals surface area contributed by atoms with Crippen molar-refractivity contribution in [3.8, 4) is 18.1 Å². The quantitative estimate of drug-likeness (QED) is 0.680. The van der Waals surface area contributed by atoms with Gasteiger partial charge in [-0.15, -0.1) is 12.3 Å². The van der Waals surface area contributed by atoms with E-state index in [0.717, 1.165) is 28.3 Å². The van der Waals surface area contributed by atoms with E-state index in [1.54, 1.807) is 0 Å². The van der Waals surface area contributed by atoms with Gasteiger partial charge in [-0.3, -0.25) is 4.40 Å². The molecule has 22 heavy (non-hydrogen) atoms. The number of pyridine rings is 1. The van der Waals surface area contributed by atoms with Gasteiger partial charge in [-0.1, -0.05) is 23.7 Å². The number of aryl methyl sites for hydroxylation is 1. The third kappa shape index (κ3) is 2.79. The van der Waals surface area contributed by atoms with Gasteiger partial charge in [0.15, 0.2) is 11.4 Å². The van der Waals surface area contributed by atoms with Gasteiger partial charge in [0.05, 0.1) is 17.8 Å². The zero-order valence-electron chi connectivity index (χ0n) is 12.2. The van der Waals surface area contributed by atoms with Gasteiger partial charge in [0, 0.05) is 11.2 Å². The van der Waals surface area contributed by atoms with Crippen molar-refractivity contribution >= 4 is 17.2 Å². The summed E-state index contributed by atoms with van der Waals surface area (Å²) in [5.41, 5.74) is 3.75. The lowest BCUT2D eigenvalue weighted by atomic mass is 10.2. The van der Waals surface area contributed by atoms with Crippen LogP contribution in [0.1, 0.15) is 17.0 Å². The smallest absolute Gasteiger partial charge is 0.180 e. The van der Waals surface area contributed by atoms with Gasteiger partial charge in [0.1, 0.15) is 6.61 Å². The van der Waals surface area contributed by atoms with Crippen LogP contribution in [0.3, 0.4) is 0 Å². The SMILES string of the molecule is C#CCc1c(C)nc2c(OCc3cccc(Cl)c3)cccn12. The molecular weight excluding hydrogens is 296 g/mol. The van der Waals surface area contributed by atoms with Crippen molar-refractivity contribution in [3.05, 3.63) is 64.6 Å². The largest absolute Gasteiger partial charge is 0.485 e. The monoisotopic (exact) mass is 310 g/mol. The summed E-state index contributed by atoms with van der Waals surface area (Å²) in [6, 6.07) is 11.5. The van der Waals surface area contributed by atoms with Gasteiger partial charge in [-0.05, 0) is 36.8 Å². The second kappa shape index (κ2) is 6.13. The molecule has 0 amide bonds. The van der Waals surface area contributed by atoms with E-state index in [9.17, 15) is 0 Å². The third-order valence-electron chi connectivity index (χ3n) is 3.47. The molecule has 2 aromatic heterocycles. The van der Waals surface area contributed by atoms with Crippen molar-refractivity contribution in [2.24, 2.45) is 0 Å². The number of nitrogens with zero attached hydrogens (tertiary/aromatic N) is 2. The van der Waals surface area contributed by atoms with Crippen LogP contribution in [0.15, 0.2) is 42.6 Å². The van der Waals surface area contributed by atoms with E-state index in [1.807, 2.05) is 53.9 Å². The molecule has 0 N–H and O–H groups in total. The van der Waals surface area contributed by atoms with Gasteiger partial charge in [0.25, 0.3) is 0 Å². The number of fused-ring (bicyclic) bond motifs is 1. The van der Waals surface area contributed by atoms with E-state index >= 15 is 0 Å². The summed E-state index contributed by atoms with van der Waals surface area (Å²) in [7, 11) is 0. The highest BCUT2D eigenvalue weighted by Gasteiger charge is 2.11. The molecule has 0 aliphatic heterocycles. The molecule has 0 bridgehead atoms. The summed E-state index contributed by atoms with van der Waals surface area (Å²) in [4.78, 5) is 4.58. The number of ether oxygens (including phenoxy) is 1. The number of terminal acetylenes is 1. The third-order valence-corrected chi connectivity index (χ3v) is 3.70. The fraction of sp³-hybridized carbons (Fsp3) is 0.167. The molecule has 2 heterocycles. The molecule has 1 aromatic carbocycles. The lowest BCUT2D eigenvalue weighted by molar-refractivity contribution is 0.308. The van der Waals surface area contributed by atoms with Crippen molar-refractivity contribution in [2.75, 3.05) is 0 Å². The highest BCUT2D eigenvalue weighted by atomic mass is 35.5. The van der Waals surface area contributed by atoms with Crippen molar-refractivity contribution in [1.29, 1.82) is 0 Å². The molecule has 4 heteroatoms. The fourth-order valence-electron chi connectivity index (χ4n) is 2.42. The molecule has 0 spiro atoms. The molecule has 0 saturated carbocycles. The van der Waals surface area contributed by atoms with Crippen LogP contribution < -0.4 is 4.74 Å². The summed E-state index contributed by atoms with van der Waals surface area (Å²) < 4.78 is 7.90. The van der Waals surface area contributed by atoms with Crippen molar-refractivity contribution in [2.45, 2.75) is 20.0 Å². The predicted octanol–water partition coefficient (Wildman–Crippen LogP) is 4.05. The molecule has 110 valence electrons. The Bertz CT molecular complexity index is 861. The first-order valence-corrected chi connectivity index (χ1v) is 7.34. The second-order valence-electron chi connectivity index (χ2n) is 5.01. The molecule has 0 unspecified atom stereocenters. The van der Waals surface area contributed by atoms with E-state index in [0.29, 0.717) is 18.1 Å². The first-order valence-electron chi connectivity index (χ1n) is 6.96. The van der Waals surface area contributed by atoms with Crippen LogP contribution in [0.25, 0.3) is 5.65 Å². The number of benzene rings is 1. The number of imidazole rings is 1. The lowest BCUT2D eigenvalue weighted by Crippen LogP contribution is -1.98. The van der Waals surface area contributed by atoms with Gasteiger partial charge < -0.3 is 4.74 Å². The average Bonchev–Trinajstić information content (AvgIpc) is 2.83. The summed E-state index contributed by atoms with van der Waals surface area (Å²) in [6.45, 7) is 2.40. The molecule has 0 aliphatic rings. The van der Waals surface area contributed by atoms with Crippen molar-refractivity contribution in [3.63, 3.8) is 0 Å². The minimum Gasteiger partial charge on any atom is -0.485 e. The summed E-state index contributed by atoms with van der Waals surface area (Å²) in [5, 5.41) is 0.701. The summed E-state index contributed by atoms with van der Waals surface area (Å²) in [5.74, 6) is 3.40. The molecule has 0 aliphatic carbocycles. The van der Waals surface area contributed by atoms with Gasteiger partial charge in [-0.2, -0.15) is 0 Å². The molecular formula is C18H15ClN2O. The normalized spacial score (nSPS) is 10.6. The molecule has 0 atom stereocenters. The first-order chi connectivity index (χ1) is 10.7. The molecule has 3 rings (SSSR count). The molecule has 0 fully saturated rings. The first kappa shape index (κ1) is 14.5. The molecule has 3 nitrogen and oxygen atoms in total. The topological polar surface area (TPSA) is 26.5 Å². The van der Waals surface area contributed by atoms with Crippen LogP contribution in [0.2, 0.25) is 5.02 Å². The predicted molar refractivity (Wildman–Crippen MR) is 88.3 cm³/mol. The van der Waals surface area contributed by atoms with Crippen LogP contribution >= 0.6 is 11.6 Å². The Morgan fingerprint density at radius 3 is 2.95 bits per heavy atom. The minimum atomic E-state index is 0.441. The average molecular weight is 311 g/mol. The number of hydrogen-bond acceptors (Lipinski definition) is 2. The zero-order valence-corrected chi connectivity index (χ0v) is 13.0. The van der Waals surface area contributed by atoms with E-state index in [1.165, 1.54) is 0 Å². The van der Waals surface area contributed by atoms with Gasteiger partial charge in [0.2, 0.25) is 0 Å². The van der Waals surface area contributed by atoms with Gasteiger partial charge in [-0.25, -0.2) is 4.98 Å². The van der Waals surface area contributed by atoms with Crippen molar-refractivity contribution in [1.82, 2.24) is 9.38 Å². The van der Waals surface area contributed by atoms with E-state index in [2.05, 4.69) is 10.9 Å². The number of hydrogen-bond donors (Lipinski definition) is 0. The Morgan fingerprint density at radius 2 is 2.18 bits per heavy atom. The Labute approximate surface area is 134 Å². The maximum atomic E-state index is 5.99. The molecule has 3 aromatic rings. The Balaban J connectivity index is 1.91. The lowest BCUT2D eigenvalue weighted by Gasteiger charge is -2.08. The second-order valence-corrected chi connectivity index (χ2v) is 5.45. The highest BCUT2D eigenvalue weighted by molar-refractivity contribution is 6.30. The Morgan fingerprint density at radius 1 is 1.32 bits per heavy atom. The van der Waals surface area contributed by atoms with Crippen LogP contribution in [-0.4, -0.2) is 9.38 Å². The van der Waals surface area contributed by atoms with E-state index in [4.69, 9.17) is 22.8 Å². The molecule has 0 saturated heterocycles. The number of aromatic nitrogens is 2. The van der Waals surface area contributed by atoms with Crippen LogP contribution in [0.5, 0.6) is 5.75 Å². The van der Waals surface area contributed by atoms with Crippen LogP contribution in [0.4, 0.5) is 0 Å². The fourth-order valence-corrected chi connectivity index (χ4v) is 2.63.